The molecule has 1 aliphatic rings. The minimum atomic E-state index is -1.21. The molecule has 4 aromatic rings. The maximum Gasteiger partial charge on any atom is 0.337 e. The fourth-order valence-electron chi connectivity index (χ4n) is 5.32. The number of aliphatic carboxylic acids is 1. The molecule has 5 rings (SSSR count). The van der Waals surface area contributed by atoms with Gasteiger partial charge in [0.1, 0.15) is 11.6 Å². The van der Waals surface area contributed by atoms with E-state index in [0.717, 1.165) is 37.1 Å². The molecule has 40 heavy (non-hydrogen) atoms. The van der Waals surface area contributed by atoms with Crippen molar-refractivity contribution < 1.29 is 19.0 Å². The average molecular weight is 545 g/mol. The second-order valence-electron chi connectivity index (χ2n) is 12.4. The van der Waals surface area contributed by atoms with Crippen molar-refractivity contribution in [2.75, 3.05) is 18.0 Å². The summed E-state index contributed by atoms with van der Waals surface area (Å²) in [5.74, 6) is -0.653. The second-order valence-corrected chi connectivity index (χ2v) is 12.4. The van der Waals surface area contributed by atoms with E-state index < -0.39 is 17.7 Å². The molecule has 3 heterocycles. The van der Waals surface area contributed by atoms with Gasteiger partial charge in [-0.1, -0.05) is 50.2 Å². The molecule has 210 valence electrons. The van der Waals surface area contributed by atoms with Crippen LogP contribution in [0.4, 0.5) is 10.2 Å². The first-order valence-corrected chi connectivity index (χ1v) is 13.7. The van der Waals surface area contributed by atoms with Gasteiger partial charge in [0.15, 0.2) is 11.8 Å². The third-order valence-corrected chi connectivity index (χ3v) is 7.52. The molecule has 1 atom stereocenters. The first kappa shape index (κ1) is 27.8. The van der Waals surface area contributed by atoms with Gasteiger partial charge in [-0.2, -0.15) is 9.61 Å². The minimum absolute atomic E-state index is 0.203. The number of carbonyl (C=O) groups is 1. The summed E-state index contributed by atoms with van der Waals surface area (Å²) < 4.78 is 22.4. The predicted molar refractivity (Wildman–Crippen MR) is 155 cm³/mol. The standard InChI is InChI=1S/C32H37FN4O3/c1-20-27(28(30(38)39)40-31(2,3)4)29(36-16-14-32(5,6)15-17-36)37-26(34-20)19-25(35-37)22-11-9-10-21(18-22)23-12-7-8-13-24(23)33/h7-13,18-19,28H,14-17H2,1-6H3,(H,38,39). The van der Waals surface area contributed by atoms with Crippen LogP contribution >= 0.6 is 0 Å². The molecule has 1 fully saturated rings. The molecule has 0 amide bonds. The highest BCUT2D eigenvalue weighted by Crippen LogP contribution is 2.39. The highest BCUT2D eigenvalue weighted by molar-refractivity contribution is 5.79. The van der Waals surface area contributed by atoms with Gasteiger partial charge in [0.2, 0.25) is 0 Å². The zero-order valence-corrected chi connectivity index (χ0v) is 24.0. The zero-order valence-electron chi connectivity index (χ0n) is 24.0. The molecule has 0 spiro atoms. The molecule has 1 aliphatic heterocycles. The molecule has 0 saturated carbocycles. The fraction of sp³-hybridized carbons (Fsp3) is 0.406. The highest BCUT2D eigenvalue weighted by atomic mass is 19.1. The van der Waals surface area contributed by atoms with E-state index in [0.29, 0.717) is 34.0 Å². The summed E-state index contributed by atoms with van der Waals surface area (Å²) >= 11 is 0. The van der Waals surface area contributed by atoms with Crippen molar-refractivity contribution >= 4 is 17.4 Å². The quantitative estimate of drug-likeness (QED) is 0.279. The number of aromatic nitrogens is 3. The monoisotopic (exact) mass is 544 g/mol. The Morgan fingerprint density at radius 3 is 2.38 bits per heavy atom. The van der Waals surface area contributed by atoms with Crippen LogP contribution in [0.2, 0.25) is 0 Å². The molecule has 7 nitrogen and oxygen atoms in total. The number of fused-ring (bicyclic) bond motifs is 1. The van der Waals surface area contributed by atoms with E-state index in [2.05, 4.69) is 18.7 Å². The van der Waals surface area contributed by atoms with Crippen LogP contribution in [0.1, 0.15) is 64.8 Å². The SMILES string of the molecule is Cc1nc2cc(-c3cccc(-c4ccccc4F)c3)nn2c(N2CCC(C)(C)CC2)c1C(OC(C)(C)C)C(=O)O. The predicted octanol–water partition coefficient (Wildman–Crippen LogP) is 7.08. The largest absolute Gasteiger partial charge is 0.479 e. The number of piperidine rings is 1. The van der Waals surface area contributed by atoms with Gasteiger partial charge in [0.05, 0.1) is 16.9 Å². The Hall–Kier alpha value is -3.78. The number of rotatable bonds is 6. The van der Waals surface area contributed by atoms with Crippen molar-refractivity contribution in [2.24, 2.45) is 5.41 Å². The summed E-state index contributed by atoms with van der Waals surface area (Å²) in [6.45, 7) is 13.4. The van der Waals surface area contributed by atoms with Crippen LogP contribution in [-0.4, -0.2) is 44.4 Å². The Morgan fingerprint density at radius 1 is 1.05 bits per heavy atom. The third kappa shape index (κ3) is 5.59. The Morgan fingerprint density at radius 2 is 1.73 bits per heavy atom. The number of benzene rings is 2. The van der Waals surface area contributed by atoms with Gasteiger partial charge in [-0.15, -0.1) is 0 Å². The van der Waals surface area contributed by atoms with Gasteiger partial charge in [-0.05, 0) is 63.6 Å². The van der Waals surface area contributed by atoms with E-state index >= 15 is 0 Å². The number of ether oxygens (including phenoxy) is 1. The average Bonchev–Trinajstić information content (AvgIpc) is 3.30. The summed E-state index contributed by atoms with van der Waals surface area (Å²) in [5.41, 5.74) is 4.00. The molecule has 0 bridgehead atoms. The van der Waals surface area contributed by atoms with Gasteiger partial charge < -0.3 is 14.7 Å². The van der Waals surface area contributed by atoms with Crippen LogP contribution in [0.15, 0.2) is 54.6 Å². The lowest BCUT2D eigenvalue weighted by Crippen LogP contribution is -2.40. The highest BCUT2D eigenvalue weighted by Gasteiger charge is 2.36. The van der Waals surface area contributed by atoms with Gasteiger partial charge in [0, 0.05) is 36.0 Å². The molecule has 2 aromatic heterocycles. The first-order chi connectivity index (χ1) is 18.8. The van der Waals surface area contributed by atoms with E-state index in [1.165, 1.54) is 6.07 Å². The molecular weight excluding hydrogens is 507 g/mol. The Bertz CT molecular complexity index is 1560. The van der Waals surface area contributed by atoms with E-state index in [4.69, 9.17) is 14.8 Å². The number of hydrogen-bond donors (Lipinski definition) is 1. The number of anilines is 1. The molecule has 8 heteroatoms. The third-order valence-electron chi connectivity index (χ3n) is 7.52. The zero-order chi connectivity index (χ0) is 28.8. The molecular formula is C32H37FN4O3. The number of aryl methyl sites for hydroxylation is 1. The van der Waals surface area contributed by atoms with Crippen molar-refractivity contribution in [3.63, 3.8) is 0 Å². The number of halogens is 1. The molecule has 2 aromatic carbocycles. The van der Waals surface area contributed by atoms with Crippen molar-refractivity contribution in [3.8, 4) is 22.4 Å². The maximum atomic E-state index is 14.5. The van der Waals surface area contributed by atoms with Crippen LogP contribution in [0, 0.1) is 18.2 Å². The number of nitrogens with zero attached hydrogens (tertiary/aromatic N) is 4. The normalized spacial score (nSPS) is 16.3. The molecule has 1 N–H and O–H groups in total. The number of carboxylic acid groups (broad SMARTS) is 1. The second kappa shape index (κ2) is 10.3. The van der Waals surface area contributed by atoms with Crippen molar-refractivity contribution in [3.05, 3.63) is 71.7 Å². The lowest BCUT2D eigenvalue weighted by molar-refractivity contribution is -0.160. The molecule has 1 saturated heterocycles. The van der Waals surface area contributed by atoms with Crippen LogP contribution in [0.25, 0.3) is 28.0 Å². The van der Waals surface area contributed by atoms with Crippen molar-refractivity contribution in [1.82, 2.24) is 14.6 Å². The van der Waals surface area contributed by atoms with E-state index in [1.807, 2.05) is 64.1 Å². The summed E-state index contributed by atoms with van der Waals surface area (Å²) in [7, 11) is 0. The van der Waals surface area contributed by atoms with Crippen LogP contribution < -0.4 is 4.90 Å². The minimum Gasteiger partial charge on any atom is -0.479 e. The number of carboxylic acids is 1. The van der Waals surface area contributed by atoms with E-state index in [1.54, 1.807) is 16.6 Å². The van der Waals surface area contributed by atoms with Crippen molar-refractivity contribution in [2.45, 2.75) is 66.1 Å². The van der Waals surface area contributed by atoms with E-state index in [-0.39, 0.29) is 11.2 Å². The summed E-state index contributed by atoms with van der Waals surface area (Å²) in [6, 6.07) is 16.2. The lowest BCUT2D eigenvalue weighted by Gasteiger charge is -2.39. The topological polar surface area (TPSA) is 80.0 Å². The van der Waals surface area contributed by atoms with Gasteiger partial charge in [0.25, 0.3) is 0 Å². The molecule has 0 radical (unpaired) electrons. The first-order valence-electron chi connectivity index (χ1n) is 13.7. The Balaban J connectivity index is 1.69. The molecule has 1 unspecified atom stereocenters. The van der Waals surface area contributed by atoms with Crippen LogP contribution in [0.3, 0.4) is 0 Å². The number of hydrogen-bond acceptors (Lipinski definition) is 5. The van der Waals surface area contributed by atoms with Crippen LogP contribution in [-0.2, 0) is 9.53 Å². The smallest absolute Gasteiger partial charge is 0.337 e. The Labute approximate surface area is 234 Å². The Kier molecular flexibility index (Phi) is 7.17. The van der Waals surface area contributed by atoms with Gasteiger partial charge in [-0.3, -0.25) is 0 Å². The summed E-state index contributed by atoms with van der Waals surface area (Å²) in [6.07, 6.45) is 0.719. The maximum absolute atomic E-state index is 14.5. The van der Waals surface area contributed by atoms with Gasteiger partial charge in [-0.25, -0.2) is 14.2 Å². The lowest BCUT2D eigenvalue weighted by atomic mass is 9.82. The summed E-state index contributed by atoms with van der Waals surface area (Å²) in [5, 5.41) is 15.3. The van der Waals surface area contributed by atoms with Crippen molar-refractivity contribution in [1.29, 1.82) is 0 Å². The van der Waals surface area contributed by atoms with Gasteiger partial charge >= 0.3 is 5.97 Å². The van der Waals surface area contributed by atoms with E-state index in [9.17, 15) is 14.3 Å². The fourth-order valence-corrected chi connectivity index (χ4v) is 5.32. The molecule has 0 aliphatic carbocycles. The van der Waals surface area contributed by atoms with Crippen LogP contribution in [0.5, 0.6) is 0 Å². The summed E-state index contributed by atoms with van der Waals surface area (Å²) in [4.78, 5) is 19.6.